The van der Waals surface area contributed by atoms with Crippen LogP contribution in [0.25, 0.3) is 0 Å². The molecule has 27 heavy (non-hydrogen) atoms. The number of carbonyl (C=O) groups is 2. The molecule has 0 unspecified atom stereocenters. The van der Waals surface area contributed by atoms with Crippen molar-refractivity contribution in [2.45, 2.75) is 18.7 Å². The number of hydrogen-bond acceptors (Lipinski definition) is 6. The number of sulfonamides is 1. The first kappa shape index (κ1) is 20.1. The van der Waals surface area contributed by atoms with Crippen LogP contribution in [0.3, 0.4) is 0 Å². The minimum absolute atomic E-state index is 0.000647. The summed E-state index contributed by atoms with van der Waals surface area (Å²) in [5, 5.41) is 2.13. The van der Waals surface area contributed by atoms with Gasteiger partial charge in [0.2, 0.25) is 5.43 Å². The molecular formula is C18H18N2O6S. The molecule has 0 radical (unpaired) electrons. The number of benzene rings is 1. The Labute approximate surface area is 156 Å². The van der Waals surface area contributed by atoms with Crippen molar-refractivity contribution in [2.75, 3.05) is 16.6 Å². The Bertz CT molecular complexity index is 1020. The van der Waals surface area contributed by atoms with Gasteiger partial charge in [0, 0.05) is 0 Å². The fourth-order valence-electron chi connectivity index (χ4n) is 2.07. The molecule has 0 heterocycles. The van der Waals surface area contributed by atoms with E-state index in [4.69, 9.17) is 0 Å². The zero-order valence-electron chi connectivity index (χ0n) is 14.7. The van der Waals surface area contributed by atoms with Gasteiger partial charge >= 0.3 is 11.9 Å². The van der Waals surface area contributed by atoms with Crippen LogP contribution in [0.2, 0.25) is 0 Å². The quantitative estimate of drug-likeness (QED) is 0.592. The highest BCUT2D eigenvalue weighted by atomic mass is 32.2. The van der Waals surface area contributed by atoms with E-state index in [1.54, 1.807) is 12.1 Å². The molecule has 2 rings (SSSR count). The highest BCUT2D eigenvalue weighted by molar-refractivity contribution is 7.92. The van der Waals surface area contributed by atoms with Crippen LogP contribution >= 0.6 is 0 Å². The lowest BCUT2D eigenvalue weighted by atomic mass is 10.2. The van der Waals surface area contributed by atoms with Crippen LogP contribution < -0.4 is 15.5 Å². The van der Waals surface area contributed by atoms with Gasteiger partial charge in [-0.15, -0.1) is 0 Å². The van der Waals surface area contributed by atoms with Gasteiger partial charge in [-0.1, -0.05) is 29.8 Å². The maximum Gasteiger partial charge on any atom is 0.397 e. The van der Waals surface area contributed by atoms with Gasteiger partial charge in [0.1, 0.15) is 0 Å². The van der Waals surface area contributed by atoms with Crippen molar-refractivity contribution in [1.82, 2.24) is 0 Å². The summed E-state index contributed by atoms with van der Waals surface area (Å²) in [7, 11) is -4.01. The van der Waals surface area contributed by atoms with Crippen LogP contribution in [-0.4, -0.2) is 26.9 Å². The second-order valence-electron chi connectivity index (χ2n) is 5.47. The first-order valence-electron chi connectivity index (χ1n) is 7.95. The van der Waals surface area contributed by atoms with E-state index in [2.05, 4.69) is 14.8 Å². The van der Waals surface area contributed by atoms with Crippen LogP contribution in [-0.2, 0) is 24.3 Å². The smallest absolute Gasteiger partial charge is 0.397 e. The van der Waals surface area contributed by atoms with E-state index in [0.717, 1.165) is 5.56 Å². The van der Waals surface area contributed by atoms with E-state index in [1.165, 1.54) is 43.3 Å². The van der Waals surface area contributed by atoms with Crippen LogP contribution in [0.1, 0.15) is 12.5 Å². The van der Waals surface area contributed by atoms with Crippen LogP contribution in [0.5, 0.6) is 0 Å². The number of esters is 1. The van der Waals surface area contributed by atoms with Gasteiger partial charge in [-0.25, -0.2) is 13.2 Å². The summed E-state index contributed by atoms with van der Waals surface area (Å²) in [5.41, 5.74) is -0.457. The average molecular weight is 390 g/mol. The number of ether oxygens (including phenoxy) is 1. The molecular weight excluding hydrogens is 372 g/mol. The molecule has 2 aromatic rings. The maximum absolute atomic E-state index is 12.6. The Morgan fingerprint density at radius 3 is 2.19 bits per heavy atom. The SMILES string of the molecule is CCOC(=O)C(=O)Nc1ccccc(NS(=O)(=O)c2ccc(C)cc2)c1=O. The van der Waals surface area contributed by atoms with Gasteiger partial charge in [0.15, 0.2) is 0 Å². The zero-order chi connectivity index (χ0) is 20.0. The van der Waals surface area contributed by atoms with Crippen LogP contribution in [0.15, 0.2) is 58.2 Å². The number of anilines is 2. The predicted molar refractivity (Wildman–Crippen MR) is 100.0 cm³/mol. The third-order valence-electron chi connectivity index (χ3n) is 3.41. The molecule has 0 saturated heterocycles. The Morgan fingerprint density at radius 2 is 1.59 bits per heavy atom. The van der Waals surface area contributed by atoms with Crippen molar-refractivity contribution >= 4 is 33.3 Å². The minimum atomic E-state index is -4.01. The molecule has 2 aromatic carbocycles. The lowest BCUT2D eigenvalue weighted by molar-refractivity contribution is -0.152. The monoisotopic (exact) mass is 390 g/mol. The third-order valence-corrected chi connectivity index (χ3v) is 4.79. The molecule has 0 spiro atoms. The Hall–Kier alpha value is -3.20. The van der Waals surface area contributed by atoms with Gasteiger partial charge in [0.05, 0.1) is 22.9 Å². The van der Waals surface area contributed by atoms with E-state index >= 15 is 0 Å². The molecule has 9 heteroatoms. The fourth-order valence-corrected chi connectivity index (χ4v) is 3.13. The van der Waals surface area contributed by atoms with Crippen molar-refractivity contribution < 1.29 is 22.7 Å². The molecule has 2 N–H and O–H groups in total. The van der Waals surface area contributed by atoms with E-state index in [0.29, 0.717) is 0 Å². The number of carbonyl (C=O) groups excluding carboxylic acids is 2. The van der Waals surface area contributed by atoms with Crippen molar-refractivity contribution in [1.29, 1.82) is 0 Å². The molecule has 0 atom stereocenters. The number of aryl methyl sites for hydroxylation is 1. The van der Waals surface area contributed by atoms with Crippen LogP contribution in [0, 0.1) is 6.92 Å². The summed E-state index contributed by atoms with van der Waals surface area (Å²) in [6.07, 6.45) is 0. The standard InChI is InChI=1S/C18H18N2O6S/c1-3-26-18(23)17(22)19-14-6-4-5-7-15(16(14)21)20-27(24,25)13-10-8-12(2)9-11-13/h4-11H,3H2,1-2H3,(H2,19,20,21,22). The minimum Gasteiger partial charge on any atom is -0.459 e. The van der Waals surface area contributed by atoms with Crippen molar-refractivity contribution in [3.63, 3.8) is 0 Å². The topological polar surface area (TPSA) is 119 Å². The Balaban J connectivity index is 2.35. The summed E-state index contributed by atoms with van der Waals surface area (Å²) >= 11 is 0. The molecule has 0 aliphatic rings. The first-order chi connectivity index (χ1) is 12.7. The zero-order valence-corrected chi connectivity index (χ0v) is 15.5. The maximum atomic E-state index is 12.6. The highest BCUT2D eigenvalue weighted by Crippen LogP contribution is 2.15. The molecule has 0 bridgehead atoms. The van der Waals surface area contributed by atoms with Crippen molar-refractivity contribution in [3.8, 4) is 0 Å². The van der Waals surface area contributed by atoms with Crippen LogP contribution in [0.4, 0.5) is 11.4 Å². The molecule has 1 amide bonds. The Kier molecular flexibility index (Phi) is 6.30. The largest absolute Gasteiger partial charge is 0.459 e. The van der Waals surface area contributed by atoms with Crippen molar-refractivity contribution in [3.05, 3.63) is 64.3 Å². The first-order valence-corrected chi connectivity index (χ1v) is 9.44. The number of rotatable bonds is 5. The highest BCUT2D eigenvalue weighted by Gasteiger charge is 2.19. The van der Waals surface area contributed by atoms with Gasteiger partial charge < -0.3 is 10.1 Å². The van der Waals surface area contributed by atoms with Crippen molar-refractivity contribution in [2.24, 2.45) is 0 Å². The molecule has 142 valence electrons. The third kappa shape index (κ3) is 5.14. The van der Waals surface area contributed by atoms with E-state index in [1.807, 2.05) is 6.92 Å². The average Bonchev–Trinajstić information content (AvgIpc) is 2.78. The van der Waals surface area contributed by atoms with Gasteiger partial charge in [-0.05, 0) is 38.1 Å². The fraction of sp³-hybridized carbons (Fsp3) is 0.167. The number of amides is 1. The lowest BCUT2D eigenvalue weighted by Crippen LogP contribution is -2.28. The number of hydrogen-bond donors (Lipinski definition) is 2. The molecule has 0 saturated carbocycles. The summed E-state index contributed by atoms with van der Waals surface area (Å²) in [4.78, 5) is 35.7. The molecule has 0 aromatic heterocycles. The second kappa shape index (κ2) is 8.45. The molecule has 0 fully saturated rings. The molecule has 0 aliphatic heterocycles. The lowest BCUT2D eigenvalue weighted by Gasteiger charge is -2.08. The number of nitrogens with one attached hydrogen (secondary N) is 2. The predicted octanol–water partition coefficient (Wildman–Crippen LogP) is 1.66. The summed E-state index contributed by atoms with van der Waals surface area (Å²) in [6.45, 7) is 3.35. The van der Waals surface area contributed by atoms with E-state index in [-0.39, 0.29) is 22.9 Å². The van der Waals surface area contributed by atoms with E-state index < -0.39 is 27.3 Å². The van der Waals surface area contributed by atoms with E-state index in [9.17, 15) is 22.8 Å². The molecule has 0 aliphatic carbocycles. The van der Waals surface area contributed by atoms with Gasteiger partial charge in [0.25, 0.3) is 10.0 Å². The summed E-state index contributed by atoms with van der Waals surface area (Å²) < 4.78 is 31.7. The van der Waals surface area contributed by atoms with Gasteiger partial charge in [-0.2, -0.15) is 0 Å². The normalized spacial score (nSPS) is 10.7. The summed E-state index contributed by atoms with van der Waals surface area (Å²) in [5.74, 6) is -2.28. The second-order valence-corrected chi connectivity index (χ2v) is 7.15. The molecule has 8 nitrogen and oxygen atoms in total. The Morgan fingerprint density at radius 1 is 1.00 bits per heavy atom. The summed E-state index contributed by atoms with van der Waals surface area (Å²) in [6, 6.07) is 11.4. The van der Waals surface area contributed by atoms with Gasteiger partial charge in [-0.3, -0.25) is 14.3 Å².